The lowest BCUT2D eigenvalue weighted by atomic mass is 9.99. The molecular weight excluding hydrogens is 901 g/mol. The van der Waals surface area contributed by atoms with Crippen LogP contribution in [0.1, 0.15) is 296 Å². The van der Waals surface area contributed by atoms with Crippen LogP contribution in [0.2, 0.25) is 0 Å². The van der Waals surface area contributed by atoms with Crippen LogP contribution < -0.4 is 0 Å². The van der Waals surface area contributed by atoms with E-state index >= 15 is 0 Å². The standard InChI is InChI=1S/C63H118O9/c1-3-5-7-9-11-13-15-17-19-21-23-25-27-28-29-31-33-35-37-39-41-43-45-47-49-51-53-69-55-57(56-70-63-62(68)61(67)60(66)58(54-64)72-63)71-59(65)52-50-48-46-44-42-40-38-36-34-32-30-26-24-22-20-18-16-14-12-10-8-6-4-2/h16,18,21-24,57-58,60-64,66-68H,3-15,17,19-20,25-56H2,1-2H3/b18-16-,23-21-,24-22-. The molecule has 0 aromatic rings. The van der Waals surface area contributed by atoms with Crippen molar-refractivity contribution in [2.75, 3.05) is 26.4 Å². The summed E-state index contributed by atoms with van der Waals surface area (Å²) in [7, 11) is 0. The molecule has 9 heteroatoms. The lowest BCUT2D eigenvalue weighted by Crippen LogP contribution is -2.59. The molecule has 0 spiro atoms. The van der Waals surface area contributed by atoms with Gasteiger partial charge in [0.25, 0.3) is 0 Å². The Kier molecular flexibility index (Phi) is 51.5. The number of hydrogen-bond acceptors (Lipinski definition) is 9. The highest BCUT2D eigenvalue weighted by atomic mass is 16.7. The van der Waals surface area contributed by atoms with E-state index in [0.29, 0.717) is 13.0 Å². The summed E-state index contributed by atoms with van der Waals surface area (Å²) in [6.45, 7) is 4.60. The van der Waals surface area contributed by atoms with Crippen molar-refractivity contribution in [3.8, 4) is 0 Å². The highest BCUT2D eigenvalue weighted by molar-refractivity contribution is 5.69. The monoisotopic (exact) mass is 1020 g/mol. The summed E-state index contributed by atoms with van der Waals surface area (Å²) < 4.78 is 23.0. The average molecular weight is 1020 g/mol. The van der Waals surface area contributed by atoms with E-state index in [-0.39, 0.29) is 19.2 Å². The molecule has 0 bridgehead atoms. The number of carbonyl (C=O) groups excluding carboxylic acids is 1. The van der Waals surface area contributed by atoms with Crippen LogP contribution >= 0.6 is 0 Å². The molecule has 0 amide bonds. The normalized spacial score (nSPS) is 18.9. The van der Waals surface area contributed by atoms with Crippen molar-refractivity contribution in [2.24, 2.45) is 0 Å². The fourth-order valence-corrected chi connectivity index (χ4v) is 9.70. The summed E-state index contributed by atoms with van der Waals surface area (Å²) in [5.41, 5.74) is 0. The first-order valence-electron chi connectivity index (χ1n) is 31.1. The SMILES string of the molecule is CCCCCCC/C=C\C/C=C\CCCCCCCCCCCCCC(=O)OC(COCCCCCCCCCCCCCCCC/C=C\CCCCCCCCCC)COC1OC(CO)C(O)C(O)C1O. The zero-order chi connectivity index (χ0) is 52.1. The Labute approximate surface area is 444 Å². The molecule has 6 unspecified atom stereocenters. The van der Waals surface area contributed by atoms with Gasteiger partial charge in [0.2, 0.25) is 0 Å². The zero-order valence-corrected chi connectivity index (χ0v) is 47.2. The molecule has 1 saturated heterocycles. The van der Waals surface area contributed by atoms with Crippen LogP contribution in [0.3, 0.4) is 0 Å². The predicted octanol–water partition coefficient (Wildman–Crippen LogP) is 16.6. The number of aliphatic hydroxyl groups excluding tert-OH is 4. The molecule has 1 aliphatic rings. The second-order valence-electron chi connectivity index (χ2n) is 21.5. The van der Waals surface area contributed by atoms with Gasteiger partial charge >= 0.3 is 5.97 Å². The summed E-state index contributed by atoms with van der Waals surface area (Å²) in [5, 5.41) is 40.4. The predicted molar refractivity (Wildman–Crippen MR) is 302 cm³/mol. The molecule has 4 N–H and O–H groups in total. The van der Waals surface area contributed by atoms with Gasteiger partial charge in [0.1, 0.15) is 30.5 Å². The van der Waals surface area contributed by atoms with Gasteiger partial charge in [-0.2, -0.15) is 0 Å². The molecule has 0 aliphatic carbocycles. The Morgan fingerprint density at radius 1 is 0.444 bits per heavy atom. The summed E-state index contributed by atoms with van der Waals surface area (Å²) in [4.78, 5) is 12.9. The van der Waals surface area contributed by atoms with Gasteiger partial charge in [0, 0.05) is 13.0 Å². The maximum absolute atomic E-state index is 12.9. The van der Waals surface area contributed by atoms with E-state index in [1.807, 2.05) is 0 Å². The number of hydrogen-bond donors (Lipinski definition) is 4. The molecule has 1 rings (SSSR count). The van der Waals surface area contributed by atoms with Crippen molar-refractivity contribution in [1.82, 2.24) is 0 Å². The van der Waals surface area contributed by atoms with Crippen LogP contribution in [-0.2, 0) is 23.7 Å². The first-order chi connectivity index (χ1) is 35.4. The fourth-order valence-electron chi connectivity index (χ4n) is 9.70. The topological polar surface area (TPSA) is 135 Å². The van der Waals surface area contributed by atoms with E-state index in [0.717, 1.165) is 38.5 Å². The minimum absolute atomic E-state index is 0.111. The Balaban J connectivity index is 2.12. The fraction of sp³-hybridized carbons (Fsp3) is 0.889. The van der Waals surface area contributed by atoms with Crippen LogP contribution in [0.15, 0.2) is 36.5 Å². The number of unbranched alkanes of at least 4 members (excludes halogenated alkanes) is 38. The van der Waals surface area contributed by atoms with Gasteiger partial charge in [-0.05, 0) is 70.6 Å². The second-order valence-corrected chi connectivity index (χ2v) is 21.5. The minimum atomic E-state index is -1.54. The lowest BCUT2D eigenvalue weighted by molar-refractivity contribution is -0.305. The summed E-state index contributed by atoms with van der Waals surface area (Å²) in [6, 6.07) is 0. The van der Waals surface area contributed by atoms with Crippen LogP contribution in [0.5, 0.6) is 0 Å². The lowest BCUT2D eigenvalue weighted by Gasteiger charge is -2.39. The van der Waals surface area contributed by atoms with Gasteiger partial charge in [-0.15, -0.1) is 0 Å². The van der Waals surface area contributed by atoms with Gasteiger partial charge < -0.3 is 39.4 Å². The van der Waals surface area contributed by atoms with Gasteiger partial charge in [0.05, 0.1) is 19.8 Å². The third kappa shape index (κ3) is 43.6. The molecule has 9 nitrogen and oxygen atoms in total. The molecule has 1 fully saturated rings. The van der Waals surface area contributed by atoms with E-state index in [2.05, 4.69) is 50.3 Å². The first-order valence-corrected chi connectivity index (χ1v) is 31.1. The third-order valence-corrected chi connectivity index (χ3v) is 14.5. The molecule has 1 aliphatic heterocycles. The first kappa shape index (κ1) is 68.4. The number of carbonyl (C=O) groups is 1. The Bertz CT molecular complexity index is 1210. The van der Waals surface area contributed by atoms with Gasteiger partial charge in [0.15, 0.2) is 6.29 Å². The van der Waals surface area contributed by atoms with Crippen molar-refractivity contribution < 1.29 is 44.2 Å². The summed E-state index contributed by atoms with van der Waals surface area (Å²) >= 11 is 0. The van der Waals surface area contributed by atoms with Gasteiger partial charge in [-0.1, -0.05) is 256 Å². The van der Waals surface area contributed by atoms with Crippen molar-refractivity contribution >= 4 is 5.97 Å². The van der Waals surface area contributed by atoms with E-state index in [1.165, 1.54) is 238 Å². The highest BCUT2D eigenvalue weighted by Crippen LogP contribution is 2.23. The van der Waals surface area contributed by atoms with Crippen LogP contribution in [-0.4, -0.2) is 89.6 Å². The van der Waals surface area contributed by atoms with Crippen molar-refractivity contribution in [2.45, 2.75) is 333 Å². The smallest absolute Gasteiger partial charge is 0.306 e. The summed E-state index contributed by atoms with van der Waals surface area (Å²) in [6.07, 6.45) is 62.0. The maximum Gasteiger partial charge on any atom is 0.306 e. The molecule has 0 saturated carbocycles. The maximum atomic E-state index is 12.9. The van der Waals surface area contributed by atoms with E-state index < -0.39 is 43.4 Å². The quantitative estimate of drug-likeness (QED) is 0.0267. The van der Waals surface area contributed by atoms with E-state index in [9.17, 15) is 25.2 Å². The molecule has 424 valence electrons. The largest absolute Gasteiger partial charge is 0.457 e. The van der Waals surface area contributed by atoms with Gasteiger partial charge in [-0.25, -0.2) is 0 Å². The van der Waals surface area contributed by atoms with E-state index in [4.69, 9.17) is 18.9 Å². The zero-order valence-electron chi connectivity index (χ0n) is 47.2. The number of esters is 1. The third-order valence-electron chi connectivity index (χ3n) is 14.5. The van der Waals surface area contributed by atoms with Gasteiger partial charge in [-0.3, -0.25) is 4.79 Å². The van der Waals surface area contributed by atoms with Crippen LogP contribution in [0.25, 0.3) is 0 Å². The average Bonchev–Trinajstić information content (AvgIpc) is 3.38. The Morgan fingerprint density at radius 3 is 1.21 bits per heavy atom. The Morgan fingerprint density at radius 2 is 0.806 bits per heavy atom. The number of rotatable bonds is 55. The minimum Gasteiger partial charge on any atom is -0.457 e. The molecular formula is C63H118O9. The number of aliphatic hydroxyl groups is 4. The van der Waals surface area contributed by atoms with Crippen LogP contribution in [0.4, 0.5) is 0 Å². The molecule has 72 heavy (non-hydrogen) atoms. The molecule has 0 aromatic carbocycles. The molecule has 6 atom stereocenters. The van der Waals surface area contributed by atoms with E-state index in [1.54, 1.807) is 0 Å². The number of allylic oxidation sites excluding steroid dienone is 6. The van der Waals surface area contributed by atoms with Crippen molar-refractivity contribution in [3.05, 3.63) is 36.5 Å². The highest BCUT2D eigenvalue weighted by Gasteiger charge is 2.44. The second kappa shape index (κ2) is 54.2. The number of ether oxygens (including phenoxy) is 4. The molecule has 0 aromatic heterocycles. The van der Waals surface area contributed by atoms with Crippen molar-refractivity contribution in [3.63, 3.8) is 0 Å². The van der Waals surface area contributed by atoms with Crippen molar-refractivity contribution in [1.29, 1.82) is 0 Å². The summed E-state index contributed by atoms with van der Waals surface area (Å²) in [5.74, 6) is -0.310. The Hall–Kier alpha value is -1.59. The van der Waals surface area contributed by atoms with Crippen LogP contribution in [0, 0.1) is 0 Å². The molecule has 0 radical (unpaired) electrons. The molecule has 1 heterocycles.